The number of nitrogens with one attached hydrogen (secondary N) is 1. The number of carbonyl (C=O) groups excluding carboxylic acids is 1. The van der Waals surface area contributed by atoms with Crippen molar-refractivity contribution < 1.29 is 31.1 Å². The Hall–Kier alpha value is -2.92. The molecule has 6 nitrogen and oxygen atoms in total. The molecule has 1 aliphatic rings. The first-order chi connectivity index (χ1) is 13.0. The van der Waals surface area contributed by atoms with Crippen molar-refractivity contribution >= 4 is 11.6 Å². The number of amides is 1. The van der Waals surface area contributed by atoms with Gasteiger partial charge in [0.25, 0.3) is 0 Å². The van der Waals surface area contributed by atoms with Crippen LogP contribution in [0, 0.1) is 0 Å². The van der Waals surface area contributed by atoms with E-state index < -0.39 is 35.0 Å². The molecule has 28 heavy (non-hydrogen) atoms. The summed E-state index contributed by atoms with van der Waals surface area (Å²) in [5.74, 6) is -0.704. The van der Waals surface area contributed by atoms with E-state index in [1.807, 2.05) is 0 Å². The van der Waals surface area contributed by atoms with Crippen LogP contribution >= 0.6 is 0 Å². The first kappa shape index (κ1) is 19.8. The minimum absolute atomic E-state index is 0.0318. The van der Waals surface area contributed by atoms with Gasteiger partial charge in [0.05, 0.1) is 17.7 Å². The molecule has 1 fully saturated rings. The fourth-order valence-electron chi connectivity index (χ4n) is 2.20. The Bertz CT molecular complexity index is 877. The average molecular weight is 405 g/mol. The summed E-state index contributed by atoms with van der Waals surface area (Å²) in [6.07, 6.45) is -7.15. The lowest BCUT2D eigenvalue weighted by molar-refractivity contribution is -0.143. The first-order valence-corrected chi connectivity index (χ1v) is 8.06. The van der Waals surface area contributed by atoms with Gasteiger partial charge in [0.1, 0.15) is 6.33 Å². The van der Waals surface area contributed by atoms with Crippen molar-refractivity contribution in [3.63, 3.8) is 0 Å². The lowest BCUT2D eigenvalue weighted by Gasteiger charge is -2.13. The van der Waals surface area contributed by atoms with E-state index in [0.717, 1.165) is 29.6 Å². The highest BCUT2D eigenvalue weighted by molar-refractivity contribution is 5.98. The number of rotatable bonds is 5. The summed E-state index contributed by atoms with van der Waals surface area (Å²) in [5.41, 5.74) is -0.113. The largest absolute Gasteiger partial charge is 0.416 e. The lowest BCUT2D eigenvalue weighted by Crippen LogP contribution is -2.19. The second kappa shape index (κ2) is 7.24. The van der Waals surface area contributed by atoms with Crippen LogP contribution in [0.1, 0.15) is 30.4 Å². The Morgan fingerprint density at radius 3 is 2.21 bits per heavy atom. The molecular formula is C16H13F6N5O. The average Bonchev–Trinajstić information content (AvgIpc) is 3.32. The number of aryl methyl sites for hydroxylation is 1. The molecule has 0 radical (unpaired) electrons. The third-order valence-electron chi connectivity index (χ3n) is 3.76. The van der Waals surface area contributed by atoms with E-state index >= 15 is 0 Å². The third-order valence-corrected chi connectivity index (χ3v) is 3.76. The molecule has 0 atom stereocenters. The van der Waals surface area contributed by atoms with Gasteiger partial charge in [0, 0.05) is 17.7 Å². The van der Waals surface area contributed by atoms with Gasteiger partial charge < -0.3 is 0 Å². The molecule has 2 aromatic rings. The maximum absolute atomic E-state index is 12.9. The van der Waals surface area contributed by atoms with Crippen LogP contribution in [-0.2, 0) is 23.7 Å². The molecule has 0 bridgehead atoms. The highest BCUT2D eigenvalue weighted by atomic mass is 19.4. The van der Waals surface area contributed by atoms with Gasteiger partial charge >= 0.3 is 12.4 Å². The second-order valence-electron chi connectivity index (χ2n) is 6.09. The minimum Gasteiger partial charge on any atom is -0.273 e. The molecule has 1 heterocycles. The molecule has 0 aliphatic heterocycles. The lowest BCUT2D eigenvalue weighted by atomic mass is 10.0. The fraction of sp³-hybridized carbons (Fsp3) is 0.375. The van der Waals surface area contributed by atoms with Crippen LogP contribution in [-0.4, -0.2) is 26.4 Å². The minimum atomic E-state index is -4.96. The van der Waals surface area contributed by atoms with Gasteiger partial charge in [-0.05, 0) is 31.0 Å². The van der Waals surface area contributed by atoms with Gasteiger partial charge in [-0.25, -0.2) is 10.4 Å². The number of alkyl halides is 6. The third kappa shape index (κ3) is 5.08. The zero-order valence-corrected chi connectivity index (χ0v) is 14.1. The molecule has 0 spiro atoms. The van der Waals surface area contributed by atoms with E-state index in [2.05, 4.69) is 20.6 Å². The van der Waals surface area contributed by atoms with Gasteiger partial charge in [-0.2, -0.15) is 36.5 Å². The fourth-order valence-corrected chi connectivity index (χ4v) is 2.20. The van der Waals surface area contributed by atoms with Crippen LogP contribution in [0.25, 0.3) is 11.4 Å². The summed E-state index contributed by atoms with van der Waals surface area (Å²) in [6, 6.07) is 1.13. The molecule has 1 N–H and O–H groups in total. The highest BCUT2D eigenvalue weighted by Gasteiger charge is 2.37. The number of aromatic nitrogens is 3. The summed E-state index contributed by atoms with van der Waals surface area (Å²) in [4.78, 5) is 15.4. The SMILES string of the molecule is O=C(CCn1cnc(-c2cc(C(F)(F)F)cc(C(F)(F)F)c2)n1)NN=C1CC1. The molecular weight excluding hydrogens is 392 g/mol. The normalized spacial score (nSPS) is 14.1. The number of hydrogen-bond acceptors (Lipinski definition) is 4. The van der Waals surface area contributed by atoms with Crippen LogP contribution in [0.4, 0.5) is 26.3 Å². The van der Waals surface area contributed by atoms with Gasteiger partial charge in [-0.1, -0.05) is 0 Å². The van der Waals surface area contributed by atoms with E-state index in [1.54, 1.807) is 0 Å². The maximum atomic E-state index is 12.9. The number of hydrazone groups is 1. The molecule has 0 saturated heterocycles. The Kier molecular flexibility index (Phi) is 5.13. The Balaban J connectivity index is 1.77. The molecule has 3 rings (SSSR count). The van der Waals surface area contributed by atoms with Crippen molar-refractivity contribution in [2.75, 3.05) is 0 Å². The van der Waals surface area contributed by atoms with E-state index in [4.69, 9.17) is 0 Å². The van der Waals surface area contributed by atoms with E-state index in [-0.39, 0.29) is 24.9 Å². The van der Waals surface area contributed by atoms with Gasteiger partial charge in [0.15, 0.2) is 5.82 Å². The second-order valence-corrected chi connectivity index (χ2v) is 6.09. The summed E-state index contributed by atoms with van der Waals surface area (Å²) in [5, 5.41) is 7.69. The smallest absolute Gasteiger partial charge is 0.273 e. The van der Waals surface area contributed by atoms with Crippen LogP contribution in [0.15, 0.2) is 29.6 Å². The van der Waals surface area contributed by atoms with Crippen LogP contribution in [0.3, 0.4) is 0 Å². The molecule has 1 aliphatic carbocycles. The quantitative estimate of drug-likeness (QED) is 0.610. The summed E-state index contributed by atoms with van der Waals surface area (Å²) in [7, 11) is 0. The predicted molar refractivity (Wildman–Crippen MR) is 84.9 cm³/mol. The zero-order valence-electron chi connectivity index (χ0n) is 14.1. The topological polar surface area (TPSA) is 72.2 Å². The van der Waals surface area contributed by atoms with Crippen molar-refractivity contribution in [2.45, 2.75) is 38.2 Å². The maximum Gasteiger partial charge on any atom is 0.416 e. The number of nitrogens with zero attached hydrogens (tertiary/aromatic N) is 4. The molecule has 1 amide bonds. The molecule has 12 heteroatoms. The van der Waals surface area contributed by atoms with Crippen molar-refractivity contribution in [3.8, 4) is 11.4 Å². The Labute approximate surface area is 154 Å². The zero-order chi connectivity index (χ0) is 20.5. The number of halogens is 6. The summed E-state index contributed by atoms with van der Waals surface area (Å²) >= 11 is 0. The van der Waals surface area contributed by atoms with Crippen LogP contribution < -0.4 is 5.43 Å². The molecule has 0 unspecified atom stereocenters. The van der Waals surface area contributed by atoms with Crippen molar-refractivity contribution in [2.24, 2.45) is 5.10 Å². The van der Waals surface area contributed by atoms with Gasteiger partial charge in [-0.3, -0.25) is 9.48 Å². The first-order valence-electron chi connectivity index (χ1n) is 8.06. The van der Waals surface area contributed by atoms with Crippen molar-refractivity contribution in [1.82, 2.24) is 20.2 Å². The van der Waals surface area contributed by atoms with E-state index in [0.29, 0.717) is 12.1 Å². The number of hydrogen-bond donors (Lipinski definition) is 1. The van der Waals surface area contributed by atoms with Crippen molar-refractivity contribution in [1.29, 1.82) is 0 Å². The molecule has 1 aromatic carbocycles. The van der Waals surface area contributed by atoms with Gasteiger partial charge in [-0.15, -0.1) is 0 Å². The highest BCUT2D eigenvalue weighted by Crippen LogP contribution is 2.38. The van der Waals surface area contributed by atoms with E-state index in [9.17, 15) is 31.1 Å². The van der Waals surface area contributed by atoms with E-state index in [1.165, 1.54) is 0 Å². The Morgan fingerprint density at radius 2 is 1.68 bits per heavy atom. The summed E-state index contributed by atoms with van der Waals surface area (Å²) < 4.78 is 78.8. The predicted octanol–water partition coefficient (Wildman–Crippen LogP) is 3.64. The number of benzene rings is 1. The van der Waals surface area contributed by atoms with Crippen LogP contribution in [0.2, 0.25) is 0 Å². The monoisotopic (exact) mass is 405 g/mol. The number of carbonyl (C=O) groups is 1. The van der Waals surface area contributed by atoms with Crippen LogP contribution in [0.5, 0.6) is 0 Å². The molecule has 1 aromatic heterocycles. The Morgan fingerprint density at radius 1 is 1.07 bits per heavy atom. The van der Waals surface area contributed by atoms with Gasteiger partial charge in [0.2, 0.25) is 5.91 Å². The molecule has 150 valence electrons. The summed E-state index contributed by atoms with van der Waals surface area (Å²) in [6.45, 7) is 0.0365. The van der Waals surface area contributed by atoms with Crippen molar-refractivity contribution in [3.05, 3.63) is 35.7 Å². The standard InChI is InChI=1S/C16H13F6N5O/c17-15(18,19)10-5-9(6-11(7-10)16(20,21)22)14-23-8-27(26-14)4-3-13(28)25-24-12-1-2-12/h5-8H,1-4H2,(H,25,28). The molecule has 1 saturated carbocycles.